The molecule has 7 nitrogen and oxygen atoms in total. The quantitative estimate of drug-likeness (QED) is 0.439. The van der Waals surface area contributed by atoms with Crippen molar-refractivity contribution in [1.29, 1.82) is 0 Å². The Morgan fingerprint density at radius 1 is 1.03 bits per heavy atom. The van der Waals surface area contributed by atoms with Crippen LogP contribution in [0.3, 0.4) is 0 Å². The molecule has 0 saturated heterocycles. The van der Waals surface area contributed by atoms with Crippen LogP contribution in [-0.2, 0) is 31.2 Å². The molecule has 2 aromatic carbocycles. The van der Waals surface area contributed by atoms with E-state index in [1.807, 2.05) is 29.9 Å². The SMILES string of the molecule is CCCCc1nn(C)c(COC)c1Cc1ccc(-c2ccccc2-c2nn[nH]n2)cc1. The molecule has 0 amide bonds. The molecule has 0 unspecified atom stereocenters. The molecule has 0 radical (unpaired) electrons. The molecule has 4 aromatic rings. The summed E-state index contributed by atoms with van der Waals surface area (Å²) in [6.07, 6.45) is 4.14. The normalized spacial score (nSPS) is 11.2. The number of aromatic amines is 1. The topological polar surface area (TPSA) is 81.5 Å². The van der Waals surface area contributed by atoms with Crippen molar-refractivity contribution in [2.75, 3.05) is 7.11 Å². The Labute approximate surface area is 182 Å². The molecule has 2 heterocycles. The fourth-order valence-corrected chi connectivity index (χ4v) is 3.94. The van der Waals surface area contributed by atoms with Gasteiger partial charge in [0.15, 0.2) is 0 Å². The molecule has 1 N–H and O–H groups in total. The van der Waals surface area contributed by atoms with Crippen LogP contribution in [0.1, 0.15) is 42.3 Å². The summed E-state index contributed by atoms with van der Waals surface area (Å²) in [6.45, 7) is 2.78. The maximum Gasteiger partial charge on any atom is 0.205 e. The van der Waals surface area contributed by atoms with Gasteiger partial charge in [-0.15, -0.1) is 10.2 Å². The van der Waals surface area contributed by atoms with Gasteiger partial charge in [-0.1, -0.05) is 61.9 Å². The Balaban J connectivity index is 1.62. The highest BCUT2D eigenvalue weighted by atomic mass is 16.5. The van der Waals surface area contributed by atoms with Crippen molar-refractivity contribution in [2.45, 2.75) is 39.2 Å². The third kappa shape index (κ3) is 4.56. The fraction of sp³-hybridized carbons (Fsp3) is 0.333. The zero-order valence-corrected chi connectivity index (χ0v) is 18.3. The Kier molecular flexibility index (Phi) is 6.52. The first kappa shape index (κ1) is 20.9. The lowest BCUT2D eigenvalue weighted by molar-refractivity contribution is 0.177. The van der Waals surface area contributed by atoms with Gasteiger partial charge in [0.25, 0.3) is 0 Å². The Morgan fingerprint density at radius 2 is 1.81 bits per heavy atom. The molecular formula is C24H28N6O. The number of aromatic nitrogens is 6. The second kappa shape index (κ2) is 9.66. The molecule has 0 aliphatic carbocycles. The van der Waals surface area contributed by atoms with Crippen LogP contribution in [0.4, 0.5) is 0 Å². The smallest absolute Gasteiger partial charge is 0.205 e. The van der Waals surface area contributed by atoms with Gasteiger partial charge in [-0.2, -0.15) is 10.3 Å². The van der Waals surface area contributed by atoms with E-state index in [2.05, 4.69) is 57.9 Å². The minimum Gasteiger partial charge on any atom is -0.378 e. The standard InChI is InChI=1S/C24H28N6O/c1-4-5-10-22-21(23(16-31-3)30(2)27-22)15-17-11-13-18(14-12-17)19-8-6-7-9-20(19)24-25-28-29-26-24/h6-9,11-14H,4-5,10,15-16H2,1-3H3,(H,25,26,28,29). The lowest BCUT2D eigenvalue weighted by Gasteiger charge is -2.10. The molecule has 0 saturated carbocycles. The highest BCUT2D eigenvalue weighted by Gasteiger charge is 2.17. The average Bonchev–Trinajstić information content (AvgIpc) is 3.43. The monoisotopic (exact) mass is 416 g/mol. The first-order valence-electron chi connectivity index (χ1n) is 10.7. The highest BCUT2D eigenvalue weighted by Crippen LogP contribution is 2.30. The summed E-state index contributed by atoms with van der Waals surface area (Å²) in [4.78, 5) is 0. The molecule has 0 atom stereocenters. The van der Waals surface area contributed by atoms with Gasteiger partial charge in [0.1, 0.15) is 0 Å². The number of aryl methyl sites for hydroxylation is 2. The Hall–Kier alpha value is -3.32. The number of methoxy groups -OCH3 is 1. The van der Waals surface area contributed by atoms with Crippen molar-refractivity contribution >= 4 is 0 Å². The maximum absolute atomic E-state index is 5.45. The third-order valence-electron chi connectivity index (χ3n) is 5.57. The van der Waals surface area contributed by atoms with E-state index in [0.717, 1.165) is 48.1 Å². The van der Waals surface area contributed by atoms with Gasteiger partial charge in [0.05, 0.1) is 18.0 Å². The highest BCUT2D eigenvalue weighted by molar-refractivity contribution is 5.80. The van der Waals surface area contributed by atoms with Crippen LogP contribution in [0.15, 0.2) is 48.5 Å². The molecular weight excluding hydrogens is 388 g/mol. The first-order chi connectivity index (χ1) is 15.2. The number of tetrazole rings is 1. The van der Waals surface area contributed by atoms with Crippen LogP contribution >= 0.6 is 0 Å². The molecule has 0 bridgehead atoms. The summed E-state index contributed by atoms with van der Waals surface area (Å²) in [5, 5.41) is 19.3. The number of benzene rings is 2. The van der Waals surface area contributed by atoms with E-state index in [-0.39, 0.29) is 0 Å². The van der Waals surface area contributed by atoms with Crippen molar-refractivity contribution in [3.63, 3.8) is 0 Å². The van der Waals surface area contributed by atoms with Crippen LogP contribution in [0, 0.1) is 0 Å². The van der Waals surface area contributed by atoms with E-state index in [1.54, 1.807) is 7.11 Å². The summed E-state index contributed by atoms with van der Waals surface area (Å²) in [5.41, 5.74) is 8.05. The number of nitrogens with zero attached hydrogens (tertiary/aromatic N) is 5. The van der Waals surface area contributed by atoms with E-state index >= 15 is 0 Å². The fourth-order valence-electron chi connectivity index (χ4n) is 3.94. The van der Waals surface area contributed by atoms with Crippen LogP contribution in [-0.4, -0.2) is 37.5 Å². The predicted octanol–water partition coefficient (Wildman–Crippen LogP) is 4.35. The predicted molar refractivity (Wildman–Crippen MR) is 120 cm³/mol. The number of ether oxygens (including phenoxy) is 1. The van der Waals surface area contributed by atoms with Crippen molar-refractivity contribution < 1.29 is 4.74 Å². The van der Waals surface area contributed by atoms with Crippen molar-refractivity contribution in [3.05, 3.63) is 71.0 Å². The molecule has 31 heavy (non-hydrogen) atoms. The van der Waals surface area contributed by atoms with Crippen LogP contribution < -0.4 is 0 Å². The van der Waals surface area contributed by atoms with Gasteiger partial charge in [-0.05, 0) is 34.7 Å². The molecule has 7 heteroatoms. The van der Waals surface area contributed by atoms with E-state index in [1.165, 1.54) is 16.8 Å². The molecule has 0 spiro atoms. The zero-order valence-electron chi connectivity index (χ0n) is 18.3. The lowest BCUT2D eigenvalue weighted by atomic mass is 9.95. The summed E-state index contributed by atoms with van der Waals surface area (Å²) < 4.78 is 7.42. The summed E-state index contributed by atoms with van der Waals surface area (Å²) in [5.74, 6) is 0.597. The van der Waals surface area contributed by atoms with Gasteiger partial charge in [0, 0.05) is 31.7 Å². The van der Waals surface area contributed by atoms with Crippen LogP contribution in [0.5, 0.6) is 0 Å². The van der Waals surface area contributed by atoms with Crippen molar-refractivity contribution in [3.8, 4) is 22.5 Å². The van der Waals surface area contributed by atoms with Crippen molar-refractivity contribution in [2.24, 2.45) is 7.05 Å². The van der Waals surface area contributed by atoms with E-state index in [0.29, 0.717) is 12.4 Å². The lowest BCUT2D eigenvalue weighted by Crippen LogP contribution is -2.02. The van der Waals surface area contributed by atoms with Gasteiger partial charge in [-0.25, -0.2) is 0 Å². The van der Waals surface area contributed by atoms with Crippen LogP contribution in [0.2, 0.25) is 0 Å². The molecule has 0 aliphatic heterocycles. The molecule has 4 rings (SSSR count). The van der Waals surface area contributed by atoms with Gasteiger partial charge in [-0.3, -0.25) is 4.68 Å². The Morgan fingerprint density at radius 3 is 2.48 bits per heavy atom. The number of nitrogens with one attached hydrogen (secondary N) is 1. The Bertz CT molecular complexity index is 1120. The molecule has 160 valence electrons. The molecule has 2 aromatic heterocycles. The largest absolute Gasteiger partial charge is 0.378 e. The van der Waals surface area contributed by atoms with E-state index < -0.39 is 0 Å². The van der Waals surface area contributed by atoms with E-state index in [4.69, 9.17) is 9.84 Å². The number of hydrogen-bond donors (Lipinski definition) is 1. The number of hydrogen-bond acceptors (Lipinski definition) is 5. The molecule has 0 aliphatic rings. The minimum atomic E-state index is 0.571. The van der Waals surface area contributed by atoms with Gasteiger partial charge in [0.2, 0.25) is 5.82 Å². The maximum atomic E-state index is 5.45. The van der Waals surface area contributed by atoms with Gasteiger partial charge < -0.3 is 4.74 Å². The number of H-pyrrole nitrogens is 1. The van der Waals surface area contributed by atoms with Gasteiger partial charge >= 0.3 is 0 Å². The second-order valence-corrected chi connectivity index (χ2v) is 7.69. The summed E-state index contributed by atoms with van der Waals surface area (Å²) >= 11 is 0. The summed E-state index contributed by atoms with van der Waals surface area (Å²) in [6, 6.07) is 16.8. The number of rotatable bonds is 9. The molecule has 0 fully saturated rings. The minimum absolute atomic E-state index is 0.571. The van der Waals surface area contributed by atoms with Crippen molar-refractivity contribution in [1.82, 2.24) is 30.4 Å². The summed E-state index contributed by atoms with van der Waals surface area (Å²) in [7, 11) is 3.74. The number of unbranched alkanes of at least 4 members (excludes halogenated alkanes) is 1. The van der Waals surface area contributed by atoms with Crippen LogP contribution in [0.25, 0.3) is 22.5 Å². The zero-order chi connectivity index (χ0) is 21.6. The second-order valence-electron chi connectivity index (χ2n) is 7.69. The van der Waals surface area contributed by atoms with E-state index in [9.17, 15) is 0 Å². The first-order valence-corrected chi connectivity index (χ1v) is 10.7. The third-order valence-corrected chi connectivity index (χ3v) is 5.57. The average molecular weight is 417 g/mol.